The van der Waals surface area contributed by atoms with Crippen LogP contribution in [0, 0.1) is 35.2 Å². The lowest BCUT2D eigenvalue weighted by atomic mass is 9.95. The minimum Gasteiger partial charge on any atom is -0.469 e. The van der Waals surface area contributed by atoms with Crippen LogP contribution in [0.2, 0.25) is 0 Å². The Morgan fingerprint density at radius 2 is 1.73 bits per heavy atom. The number of hydrogen-bond acceptors (Lipinski definition) is 8. The van der Waals surface area contributed by atoms with Gasteiger partial charge in [0.05, 0.1) is 13.0 Å². The first-order valence-electron chi connectivity index (χ1n) is 14.6. The summed E-state index contributed by atoms with van der Waals surface area (Å²) in [5.74, 6) is -5.39. The van der Waals surface area contributed by atoms with Gasteiger partial charge in [-0.1, -0.05) is 20.8 Å². The number of carbonyl (C=O) groups is 4. The third-order valence-corrected chi connectivity index (χ3v) is 8.68. The van der Waals surface area contributed by atoms with Crippen molar-refractivity contribution in [1.82, 2.24) is 15.2 Å². The fourth-order valence-corrected chi connectivity index (χ4v) is 5.96. The minimum atomic E-state index is -1.12. The van der Waals surface area contributed by atoms with Crippen molar-refractivity contribution in [3.05, 3.63) is 51.2 Å². The van der Waals surface area contributed by atoms with Crippen molar-refractivity contribution < 1.29 is 41.8 Å². The number of rotatable bonds is 15. The zero-order valence-electron chi connectivity index (χ0n) is 25.8. The molecule has 13 heteroatoms. The molecule has 1 unspecified atom stereocenters. The summed E-state index contributed by atoms with van der Waals surface area (Å²) in [7, 11) is 2.94. The van der Waals surface area contributed by atoms with Crippen molar-refractivity contribution in [1.29, 1.82) is 0 Å². The van der Waals surface area contributed by atoms with Crippen LogP contribution in [0.3, 0.4) is 0 Å². The molecule has 1 aromatic heterocycles. The molecule has 1 N–H and O–H groups in total. The molecule has 0 spiro atoms. The molecule has 1 heterocycles. The van der Waals surface area contributed by atoms with Crippen LogP contribution in [0.15, 0.2) is 17.5 Å². The lowest BCUT2D eigenvalue weighted by Gasteiger charge is -2.33. The number of benzene rings is 1. The zero-order valence-corrected chi connectivity index (χ0v) is 26.6. The number of nitrogens with one attached hydrogen (secondary N) is 1. The van der Waals surface area contributed by atoms with Gasteiger partial charge in [-0.3, -0.25) is 19.2 Å². The summed E-state index contributed by atoms with van der Waals surface area (Å²) in [6, 6.07) is -0.123. The van der Waals surface area contributed by atoms with E-state index in [1.165, 1.54) is 19.4 Å². The number of methoxy groups -OCH3 is 1. The second-order valence-corrected chi connectivity index (χ2v) is 12.6. The Labute approximate surface area is 259 Å². The Hall–Kier alpha value is -3.48. The molecule has 242 valence electrons. The molecule has 1 aliphatic carbocycles. The van der Waals surface area contributed by atoms with Gasteiger partial charge in [0.2, 0.25) is 5.91 Å². The van der Waals surface area contributed by atoms with E-state index in [2.05, 4.69) is 10.3 Å². The summed E-state index contributed by atoms with van der Waals surface area (Å²) in [5, 5.41) is 4.49. The lowest BCUT2D eigenvalue weighted by Crippen LogP contribution is -2.42. The van der Waals surface area contributed by atoms with Gasteiger partial charge in [-0.05, 0) is 37.5 Å². The first-order chi connectivity index (χ1) is 20.7. The maximum Gasteiger partial charge on any atom is 0.308 e. The number of aromatic nitrogens is 1. The van der Waals surface area contributed by atoms with Crippen LogP contribution in [0.5, 0.6) is 0 Å². The summed E-state index contributed by atoms with van der Waals surface area (Å²) < 4.78 is 52.7. The van der Waals surface area contributed by atoms with Gasteiger partial charge in [-0.25, -0.2) is 18.2 Å². The monoisotopic (exact) mass is 639 g/mol. The summed E-state index contributed by atoms with van der Waals surface area (Å²) in [5.41, 5.74) is -0.472. The Kier molecular flexibility index (Phi) is 12.3. The number of ether oxygens (including phenoxy) is 2. The van der Waals surface area contributed by atoms with Crippen molar-refractivity contribution in [2.45, 2.75) is 84.4 Å². The molecule has 1 aromatic carbocycles. The second kappa shape index (κ2) is 15.5. The average Bonchev–Trinajstić information content (AvgIpc) is 3.61. The van der Waals surface area contributed by atoms with Crippen molar-refractivity contribution in [3.8, 4) is 0 Å². The highest BCUT2D eigenvalue weighted by molar-refractivity contribution is 7.09. The van der Waals surface area contributed by atoms with Gasteiger partial charge >= 0.3 is 11.9 Å². The van der Waals surface area contributed by atoms with Gasteiger partial charge in [-0.15, -0.1) is 11.3 Å². The topological polar surface area (TPSA) is 115 Å². The van der Waals surface area contributed by atoms with Crippen molar-refractivity contribution in [3.63, 3.8) is 0 Å². The Morgan fingerprint density at radius 1 is 1.09 bits per heavy atom. The number of carbonyl (C=O) groups excluding carboxylic acids is 4. The molecule has 4 atom stereocenters. The van der Waals surface area contributed by atoms with Crippen LogP contribution in [-0.2, 0) is 30.3 Å². The van der Waals surface area contributed by atoms with Crippen LogP contribution in [0.4, 0.5) is 13.2 Å². The Morgan fingerprint density at radius 3 is 2.27 bits per heavy atom. The average molecular weight is 640 g/mol. The number of amides is 2. The molecule has 9 nitrogen and oxygen atoms in total. The van der Waals surface area contributed by atoms with Crippen LogP contribution in [0.1, 0.15) is 87.0 Å². The maximum atomic E-state index is 14.5. The standard InChI is InChI=1S/C31H40F3N3O6S/c1-16(2)26(37(5)28(39)10-19-7-8-19)14-27(43-18(4)38)30-36-25(15-44-30)29(40)35-21(9-17(3)31(41)42-6)13-22-23(33)11-20(32)12-24(22)34/h11-12,15-17,19,21,26-27H,7-10,13-14H2,1-6H3,(H,35,40)/t17-,21+,26?,27+/m0/s1. The summed E-state index contributed by atoms with van der Waals surface area (Å²) in [6.45, 7) is 6.75. The summed E-state index contributed by atoms with van der Waals surface area (Å²) >= 11 is 1.09. The van der Waals surface area contributed by atoms with E-state index < -0.39 is 58.9 Å². The molecule has 2 aromatic rings. The number of halogens is 3. The molecule has 0 saturated heterocycles. The molecule has 0 aliphatic heterocycles. The third-order valence-electron chi connectivity index (χ3n) is 7.75. The molecule has 0 bridgehead atoms. The van der Waals surface area contributed by atoms with E-state index >= 15 is 0 Å². The SMILES string of the molecule is COC(=O)[C@@H](C)C[C@H](Cc1c(F)cc(F)cc1F)NC(=O)c1csc([C@@H](CC(C(C)C)N(C)C(=O)CC2CC2)OC(C)=O)n1. The van der Waals surface area contributed by atoms with E-state index in [4.69, 9.17) is 9.47 Å². The molecule has 2 amide bonds. The molecule has 1 fully saturated rings. The lowest BCUT2D eigenvalue weighted by molar-refractivity contribution is -0.148. The highest BCUT2D eigenvalue weighted by atomic mass is 32.1. The summed E-state index contributed by atoms with van der Waals surface area (Å²) in [4.78, 5) is 56.4. The molecule has 1 aliphatic rings. The van der Waals surface area contributed by atoms with Gasteiger partial charge in [0.25, 0.3) is 5.91 Å². The Balaban J connectivity index is 1.81. The minimum absolute atomic E-state index is 0.0215. The fourth-order valence-electron chi connectivity index (χ4n) is 5.12. The first-order valence-corrected chi connectivity index (χ1v) is 15.5. The molecule has 44 heavy (non-hydrogen) atoms. The van der Waals surface area contributed by atoms with Crippen LogP contribution >= 0.6 is 11.3 Å². The normalized spacial score (nSPS) is 15.7. The highest BCUT2D eigenvalue weighted by Gasteiger charge is 2.33. The summed E-state index contributed by atoms with van der Waals surface area (Å²) in [6.07, 6.45) is 1.60. The van der Waals surface area contributed by atoms with Crippen LogP contribution in [-0.4, -0.2) is 59.9 Å². The smallest absolute Gasteiger partial charge is 0.308 e. The van der Waals surface area contributed by atoms with Gasteiger partial charge in [0.15, 0.2) is 6.10 Å². The molecular formula is C31H40F3N3O6S. The van der Waals surface area contributed by atoms with Gasteiger partial charge in [0, 0.05) is 62.0 Å². The third kappa shape index (κ3) is 9.76. The molecule has 3 rings (SSSR count). The van der Waals surface area contributed by atoms with E-state index in [9.17, 15) is 32.3 Å². The van der Waals surface area contributed by atoms with Gasteiger partial charge in [-0.2, -0.15) is 0 Å². The van der Waals surface area contributed by atoms with E-state index in [0.29, 0.717) is 29.5 Å². The largest absolute Gasteiger partial charge is 0.469 e. The van der Waals surface area contributed by atoms with E-state index in [0.717, 1.165) is 24.2 Å². The van der Waals surface area contributed by atoms with Crippen molar-refractivity contribution in [2.75, 3.05) is 14.2 Å². The molecular weight excluding hydrogens is 599 g/mol. The second-order valence-electron chi connectivity index (χ2n) is 11.8. The zero-order chi connectivity index (χ0) is 32.7. The van der Waals surface area contributed by atoms with Crippen molar-refractivity contribution in [2.24, 2.45) is 17.8 Å². The van der Waals surface area contributed by atoms with Gasteiger partial charge < -0.3 is 19.7 Å². The number of hydrogen-bond donors (Lipinski definition) is 1. The highest BCUT2D eigenvalue weighted by Crippen LogP contribution is 2.35. The predicted octanol–water partition coefficient (Wildman–Crippen LogP) is 5.38. The van der Waals surface area contributed by atoms with Crippen LogP contribution < -0.4 is 5.32 Å². The quantitative estimate of drug-likeness (QED) is 0.260. The van der Waals surface area contributed by atoms with E-state index in [1.54, 1.807) is 18.9 Å². The van der Waals surface area contributed by atoms with Crippen molar-refractivity contribution >= 4 is 35.1 Å². The maximum absolute atomic E-state index is 14.5. The number of thiazole rings is 1. The van der Waals surface area contributed by atoms with Crippen LogP contribution in [0.25, 0.3) is 0 Å². The van der Waals surface area contributed by atoms with E-state index in [-0.39, 0.29) is 42.8 Å². The predicted molar refractivity (Wildman–Crippen MR) is 157 cm³/mol. The molecule has 0 radical (unpaired) electrons. The van der Waals surface area contributed by atoms with Gasteiger partial charge in [0.1, 0.15) is 28.2 Å². The number of esters is 2. The number of nitrogens with zero attached hydrogens (tertiary/aromatic N) is 2. The fraction of sp³-hybridized carbons (Fsp3) is 0.581. The van der Waals surface area contributed by atoms with E-state index in [1.807, 2.05) is 13.8 Å². The first kappa shape index (κ1) is 35.0. The molecule has 1 saturated carbocycles. The Bertz CT molecular complexity index is 1330.